The van der Waals surface area contributed by atoms with Crippen molar-refractivity contribution in [3.63, 3.8) is 0 Å². The van der Waals surface area contributed by atoms with Gasteiger partial charge in [-0.15, -0.1) is 0 Å². The van der Waals surface area contributed by atoms with Crippen molar-refractivity contribution in [2.24, 2.45) is 5.92 Å². The summed E-state index contributed by atoms with van der Waals surface area (Å²) in [5, 5.41) is 3.14. The molecule has 0 saturated carbocycles. The number of hydrogen-bond acceptors (Lipinski definition) is 4. The lowest BCUT2D eigenvalue weighted by Gasteiger charge is -2.22. The molecule has 5 nitrogen and oxygen atoms in total. The Bertz CT molecular complexity index is 427. The molecule has 1 aromatic heterocycles. The van der Waals surface area contributed by atoms with Gasteiger partial charge in [0, 0.05) is 32.0 Å². The molecule has 0 spiro atoms. The summed E-state index contributed by atoms with van der Waals surface area (Å²) in [5.74, 6) is 0.989. The normalized spacial score (nSPS) is 12.8. The third-order valence-electron chi connectivity index (χ3n) is 2.91. The Kier molecular flexibility index (Phi) is 5.34. The average Bonchev–Trinajstić information content (AvgIpc) is 2.28. The second kappa shape index (κ2) is 6.54. The van der Waals surface area contributed by atoms with Gasteiger partial charge in [-0.05, 0) is 33.4 Å². The summed E-state index contributed by atoms with van der Waals surface area (Å²) in [4.78, 5) is 18.4. The molecule has 1 unspecified atom stereocenters. The molecule has 0 bridgehead atoms. The van der Waals surface area contributed by atoms with E-state index in [1.54, 1.807) is 17.0 Å². The van der Waals surface area contributed by atoms with Gasteiger partial charge < -0.3 is 14.8 Å². The maximum absolute atomic E-state index is 12.2. The molecular weight excluding hydrogens is 228 g/mol. The van der Waals surface area contributed by atoms with Crippen molar-refractivity contribution in [1.29, 1.82) is 0 Å². The first-order chi connectivity index (χ1) is 8.47. The lowest BCUT2D eigenvalue weighted by Crippen LogP contribution is -2.35. The Labute approximate surface area is 109 Å². The molecular formula is C13H24N4O. The highest BCUT2D eigenvalue weighted by Crippen LogP contribution is 2.07. The van der Waals surface area contributed by atoms with Crippen LogP contribution in [0, 0.1) is 5.92 Å². The van der Waals surface area contributed by atoms with E-state index in [9.17, 15) is 4.79 Å². The van der Waals surface area contributed by atoms with Crippen LogP contribution in [0.4, 0.5) is 5.82 Å². The van der Waals surface area contributed by atoms with Crippen LogP contribution in [0.25, 0.3) is 0 Å². The maximum atomic E-state index is 12.2. The minimum Gasteiger partial charge on any atom is -0.355 e. The van der Waals surface area contributed by atoms with Gasteiger partial charge in [-0.2, -0.15) is 0 Å². The van der Waals surface area contributed by atoms with Crippen LogP contribution in [0.5, 0.6) is 0 Å². The molecule has 1 N–H and O–H groups in total. The first-order valence-corrected chi connectivity index (χ1v) is 6.40. The largest absolute Gasteiger partial charge is 0.355 e. The molecule has 0 amide bonds. The van der Waals surface area contributed by atoms with E-state index < -0.39 is 0 Å². The number of rotatable bonds is 6. The van der Waals surface area contributed by atoms with Crippen molar-refractivity contribution in [3.05, 3.63) is 22.7 Å². The third-order valence-corrected chi connectivity index (χ3v) is 2.91. The van der Waals surface area contributed by atoms with E-state index >= 15 is 0 Å². The van der Waals surface area contributed by atoms with Gasteiger partial charge in [-0.1, -0.05) is 6.92 Å². The minimum atomic E-state index is -0.0216. The smallest absolute Gasteiger partial charge is 0.293 e. The highest BCUT2D eigenvalue weighted by molar-refractivity contribution is 5.34. The minimum absolute atomic E-state index is 0.0216. The van der Waals surface area contributed by atoms with Crippen LogP contribution in [0.15, 0.2) is 17.2 Å². The number of hydrogen-bond donors (Lipinski definition) is 1. The lowest BCUT2D eigenvalue weighted by molar-refractivity contribution is 0.533. The SMILES string of the molecule is CNCC(C)CN(C)c1nccn(C(C)C)c1=O. The summed E-state index contributed by atoms with van der Waals surface area (Å²) in [6.45, 7) is 7.88. The molecule has 5 heteroatoms. The van der Waals surface area contributed by atoms with Gasteiger partial charge in [-0.25, -0.2) is 4.98 Å². The van der Waals surface area contributed by atoms with Gasteiger partial charge in [0.15, 0.2) is 5.82 Å². The lowest BCUT2D eigenvalue weighted by atomic mass is 10.1. The Morgan fingerprint density at radius 1 is 1.44 bits per heavy atom. The summed E-state index contributed by atoms with van der Waals surface area (Å²) in [6.07, 6.45) is 3.43. The summed E-state index contributed by atoms with van der Waals surface area (Å²) in [6, 6.07) is 0.155. The van der Waals surface area contributed by atoms with E-state index in [-0.39, 0.29) is 11.6 Å². The zero-order valence-corrected chi connectivity index (χ0v) is 12.0. The van der Waals surface area contributed by atoms with Gasteiger partial charge in [0.1, 0.15) is 0 Å². The van der Waals surface area contributed by atoms with Gasteiger partial charge in [0.2, 0.25) is 0 Å². The monoisotopic (exact) mass is 252 g/mol. The van der Waals surface area contributed by atoms with Crippen molar-refractivity contribution in [2.75, 3.05) is 32.1 Å². The second-order valence-electron chi connectivity index (χ2n) is 5.10. The quantitative estimate of drug-likeness (QED) is 0.824. The molecule has 0 radical (unpaired) electrons. The molecule has 0 aliphatic carbocycles. The van der Waals surface area contributed by atoms with Crippen molar-refractivity contribution in [3.8, 4) is 0 Å². The van der Waals surface area contributed by atoms with Crippen molar-refractivity contribution >= 4 is 5.82 Å². The molecule has 1 heterocycles. The average molecular weight is 252 g/mol. The summed E-state index contributed by atoms with van der Waals surface area (Å²) < 4.78 is 1.71. The fraction of sp³-hybridized carbons (Fsp3) is 0.692. The van der Waals surface area contributed by atoms with Gasteiger partial charge >= 0.3 is 0 Å². The molecule has 1 rings (SSSR count). The van der Waals surface area contributed by atoms with E-state index in [0.29, 0.717) is 11.7 Å². The molecule has 0 aliphatic heterocycles. The van der Waals surface area contributed by atoms with E-state index in [2.05, 4.69) is 17.2 Å². The topological polar surface area (TPSA) is 50.2 Å². The fourth-order valence-corrected chi connectivity index (χ4v) is 2.05. The van der Waals surface area contributed by atoms with Crippen LogP contribution in [0.1, 0.15) is 26.8 Å². The number of aromatic nitrogens is 2. The van der Waals surface area contributed by atoms with Crippen LogP contribution in [0.2, 0.25) is 0 Å². The molecule has 18 heavy (non-hydrogen) atoms. The summed E-state index contributed by atoms with van der Waals surface area (Å²) in [7, 11) is 3.85. The second-order valence-corrected chi connectivity index (χ2v) is 5.10. The van der Waals surface area contributed by atoms with Crippen LogP contribution in [-0.2, 0) is 0 Å². The highest BCUT2D eigenvalue weighted by atomic mass is 16.1. The molecule has 0 saturated heterocycles. The molecule has 102 valence electrons. The Morgan fingerprint density at radius 3 is 2.67 bits per heavy atom. The number of anilines is 1. The highest BCUT2D eigenvalue weighted by Gasteiger charge is 2.13. The predicted molar refractivity (Wildman–Crippen MR) is 75.2 cm³/mol. The van der Waals surface area contributed by atoms with E-state index in [0.717, 1.165) is 13.1 Å². The van der Waals surface area contributed by atoms with Gasteiger partial charge in [0.25, 0.3) is 5.56 Å². The zero-order valence-electron chi connectivity index (χ0n) is 12.0. The van der Waals surface area contributed by atoms with Gasteiger partial charge in [-0.3, -0.25) is 4.79 Å². The summed E-state index contributed by atoms with van der Waals surface area (Å²) in [5.41, 5.74) is -0.0216. The number of nitrogens with zero attached hydrogens (tertiary/aromatic N) is 3. The van der Waals surface area contributed by atoms with Crippen LogP contribution in [0.3, 0.4) is 0 Å². The Balaban J connectivity index is 2.89. The van der Waals surface area contributed by atoms with E-state index in [1.807, 2.05) is 32.8 Å². The Morgan fingerprint density at radius 2 is 2.11 bits per heavy atom. The van der Waals surface area contributed by atoms with E-state index in [1.165, 1.54) is 0 Å². The molecule has 1 aromatic rings. The van der Waals surface area contributed by atoms with Crippen molar-refractivity contribution in [1.82, 2.24) is 14.9 Å². The predicted octanol–water partition coefficient (Wildman–Crippen LogP) is 1.12. The molecule has 0 aliphatic rings. The van der Waals surface area contributed by atoms with Crippen LogP contribution >= 0.6 is 0 Å². The first-order valence-electron chi connectivity index (χ1n) is 6.40. The first kappa shape index (κ1) is 14.7. The van der Waals surface area contributed by atoms with Crippen LogP contribution < -0.4 is 15.8 Å². The maximum Gasteiger partial charge on any atom is 0.293 e. The van der Waals surface area contributed by atoms with E-state index in [4.69, 9.17) is 0 Å². The molecule has 1 atom stereocenters. The standard InChI is InChI=1S/C13H24N4O/c1-10(2)17-7-6-15-12(13(17)18)16(5)9-11(3)8-14-4/h6-7,10-11,14H,8-9H2,1-5H3. The summed E-state index contributed by atoms with van der Waals surface area (Å²) >= 11 is 0. The number of nitrogens with one attached hydrogen (secondary N) is 1. The van der Waals surface area contributed by atoms with Gasteiger partial charge in [0.05, 0.1) is 0 Å². The van der Waals surface area contributed by atoms with Crippen LogP contribution in [-0.4, -0.2) is 36.7 Å². The van der Waals surface area contributed by atoms with Crippen molar-refractivity contribution in [2.45, 2.75) is 26.8 Å². The molecule has 0 fully saturated rings. The fourth-order valence-electron chi connectivity index (χ4n) is 2.05. The zero-order chi connectivity index (χ0) is 13.7. The van der Waals surface area contributed by atoms with Crippen molar-refractivity contribution < 1.29 is 0 Å². The third kappa shape index (κ3) is 3.57. The molecule has 0 aromatic carbocycles. The Hall–Kier alpha value is -1.36.